The molecule has 0 fully saturated rings. The third kappa shape index (κ3) is 6.76. The average molecular weight is 378 g/mol. The van der Waals surface area contributed by atoms with Gasteiger partial charge in [-0.3, -0.25) is 4.79 Å². The number of halogens is 1. The highest BCUT2D eigenvalue weighted by Gasteiger charge is 2.23. The number of sulfonamides is 1. The standard InChI is InChI=1S/C16H27N3O3S.ClH/c1-6-11(2)14(17)15(20)18-12-8-7-9-13(10-12)23(21,22)19-16(3,4)5;/h7-11,14,19H,6,17H2,1-5H3,(H,18,20);1H. The predicted molar refractivity (Wildman–Crippen MR) is 99.8 cm³/mol. The number of rotatable bonds is 6. The van der Waals surface area contributed by atoms with Gasteiger partial charge in [0, 0.05) is 11.2 Å². The molecule has 1 aromatic rings. The van der Waals surface area contributed by atoms with Gasteiger partial charge in [0.2, 0.25) is 15.9 Å². The highest BCUT2D eigenvalue weighted by Crippen LogP contribution is 2.18. The van der Waals surface area contributed by atoms with E-state index >= 15 is 0 Å². The van der Waals surface area contributed by atoms with Crippen molar-refractivity contribution in [2.24, 2.45) is 11.7 Å². The Morgan fingerprint density at radius 1 is 1.29 bits per heavy atom. The molecule has 2 unspecified atom stereocenters. The quantitative estimate of drug-likeness (QED) is 0.708. The molecule has 1 aromatic carbocycles. The zero-order valence-electron chi connectivity index (χ0n) is 14.8. The van der Waals surface area contributed by atoms with Gasteiger partial charge in [0.1, 0.15) is 0 Å². The second-order valence-corrected chi connectivity index (χ2v) is 8.47. The largest absolute Gasteiger partial charge is 0.325 e. The molecule has 138 valence electrons. The van der Waals surface area contributed by atoms with Crippen LogP contribution in [0.1, 0.15) is 41.0 Å². The van der Waals surface area contributed by atoms with Crippen molar-refractivity contribution in [1.82, 2.24) is 4.72 Å². The molecule has 0 heterocycles. The zero-order valence-corrected chi connectivity index (χ0v) is 16.4. The minimum absolute atomic E-state index is 0. The Kier molecular flexibility index (Phi) is 8.38. The minimum atomic E-state index is -3.65. The number of nitrogens with two attached hydrogens (primary N) is 1. The van der Waals surface area contributed by atoms with Gasteiger partial charge in [0.05, 0.1) is 10.9 Å². The lowest BCUT2D eigenvalue weighted by Gasteiger charge is -2.21. The van der Waals surface area contributed by atoms with Gasteiger partial charge in [-0.1, -0.05) is 26.3 Å². The molecule has 0 saturated heterocycles. The number of carbonyl (C=O) groups is 1. The molecular formula is C16H28ClN3O3S. The summed E-state index contributed by atoms with van der Waals surface area (Å²) in [5.74, 6) is -0.276. The summed E-state index contributed by atoms with van der Waals surface area (Å²) >= 11 is 0. The maximum atomic E-state index is 12.3. The number of amides is 1. The first-order valence-corrected chi connectivity index (χ1v) is 9.15. The first-order valence-electron chi connectivity index (χ1n) is 7.67. The first-order chi connectivity index (χ1) is 10.5. The van der Waals surface area contributed by atoms with E-state index in [1.807, 2.05) is 13.8 Å². The van der Waals surface area contributed by atoms with E-state index in [1.165, 1.54) is 12.1 Å². The lowest BCUT2D eigenvalue weighted by molar-refractivity contribution is -0.118. The number of hydrogen-bond donors (Lipinski definition) is 3. The van der Waals surface area contributed by atoms with Crippen molar-refractivity contribution >= 4 is 34.0 Å². The predicted octanol–water partition coefficient (Wildman–Crippen LogP) is 2.50. The Morgan fingerprint density at radius 3 is 2.38 bits per heavy atom. The van der Waals surface area contributed by atoms with Gasteiger partial charge in [-0.05, 0) is 44.9 Å². The Balaban J connectivity index is 0.00000529. The van der Waals surface area contributed by atoms with Gasteiger partial charge in [-0.2, -0.15) is 0 Å². The molecule has 1 rings (SSSR count). The maximum absolute atomic E-state index is 12.3. The van der Waals surface area contributed by atoms with E-state index in [2.05, 4.69) is 10.0 Å². The molecule has 0 aliphatic carbocycles. The van der Waals surface area contributed by atoms with Gasteiger partial charge in [-0.15, -0.1) is 12.4 Å². The summed E-state index contributed by atoms with van der Waals surface area (Å²) < 4.78 is 27.2. The van der Waals surface area contributed by atoms with E-state index in [-0.39, 0.29) is 29.1 Å². The van der Waals surface area contributed by atoms with Crippen LogP contribution in [0, 0.1) is 5.92 Å². The molecule has 0 aromatic heterocycles. The smallest absolute Gasteiger partial charge is 0.241 e. The van der Waals surface area contributed by atoms with Crippen molar-refractivity contribution in [2.45, 2.75) is 57.5 Å². The lowest BCUT2D eigenvalue weighted by Crippen LogP contribution is -2.41. The second-order valence-electron chi connectivity index (χ2n) is 6.78. The fourth-order valence-electron chi connectivity index (χ4n) is 1.94. The number of hydrogen-bond acceptors (Lipinski definition) is 4. The van der Waals surface area contributed by atoms with Crippen LogP contribution in [0.3, 0.4) is 0 Å². The molecule has 0 spiro atoms. The molecular weight excluding hydrogens is 350 g/mol. The summed E-state index contributed by atoms with van der Waals surface area (Å²) in [5, 5.41) is 2.68. The number of benzene rings is 1. The fourth-order valence-corrected chi connectivity index (χ4v) is 3.40. The molecule has 0 bridgehead atoms. The molecule has 0 radical (unpaired) electrons. The number of carbonyl (C=O) groups excluding carboxylic acids is 1. The van der Waals surface area contributed by atoms with E-state index in [4.69, 9.17) is 5.73 Å². The summed E-state index contributed by atoms with van der Waals surface area (Å²) in [5.41, 5.74) is 5.71. The number of anilines is 1. The van der Waals surface area contributed by atoms with Crippen molar-refractivity contribution < 1.29 is 13.2 Å². The molecule has 0 aliphatic heterocycles. The van der Waals surface area contributed by atoms with Crippen molar-refractivity contribution in [1.29, 1.82) is 0 Å². The third-order valence-corrected chi connectivity index (χ3v) is 5.17. The van der Waals surface area contributed by atoms with E-state index in [0.717, 1.165) is 6.42 Å². The van der Waals surface area contributed by atoms with Crippen LogP contribution in [0.25, 0.3) is 0 Å². The van der Waals surface area contributed by atoms with Gasteiger partial charge in [0.15, 0.2) is 0 Å². The summed E-state index contributed by atoms with van der Waals surface area (Å²) in [6, 6.07) is 5.50. The van der Waals surface area contributed by atoms with Gasteiger partial charge in [0.25, 0.3) is 0 Å². The van der Waals surface area contributed by atoms with Gasteiger partial charge < -0.3 is 11.1 Å². The molecule has 0 aliphatic rings. The molecule has 1 amide bonds. The highest BCUT2D eigenvalue weighted by atomic mass is 35.5. The topological polar surface area (TPSA) is 101 Å². The molecule has 6 nitrogen and oxygen atoms in total. The van der Waals surface area contributed by atoms with Crippen LogP contribution >= 0.6 is 12.4 Å². The third-order valence-electron chi connectivity index (χ3n) is 3.41. The minimum Gasteiger partial charge on any atom is -0.325 e. The first kappa shape index (κ1) is 22.9. The second kappa shape index (κ2) is 8.80. The summed E-state index contributed by atoms with van der Waals surface area (Å²) in [7, 11) is -3.65. The van der Waals surface area contributed by atoms with E-state index in [9.17, 15) is 13.2 Å². The molecule has 24 heavy (non-hydrogen) atoms. The molecule has 4 N–H and O–H groups in total. The van der Waals surface area contributed by atoms with Crippen LogP contribution in [0.5, 0.6) is 0 Å². The zero-order chi connectivity index (χ0) is 17.8. The van der Waals surface area contributed by atoms with E-state index in [1.54, 1.807) is 32.9 Å². The fraction of sp³-hybridized carbons (Fsp3) is 0.562. The van der Waals surface area contributed by atoms with Gasteiger partial charge >= 0.3 is 0 Å². The summed E-state index contributed by atoms with van der Waals surface area (Å²) in [4.78, 5) is 12.2. The molecule has 0 saturated carbocycles. The lowest BCUT2D eigenvalue weighted by atomic mass is 9.99. The molecule has 2 atom stereocenters. The van der Waals surface area contributed by atoms with Crippen LogP contribution in [0.15, 0.2) is 29.2 Å². The van der Waals surface area contributed by atoms with Gasteiger partial charge in [-0.25, -0.2) is 13.1 Å². The van der Waals surface area contributed by atoms with Crippen LogP contribution < -0.4 is 15.8 Å². The maximum Gasteiger partial charge on any atom is 0.241 e. The van der Waals surface area contributed by atoms with Crippen LogP contribution in [0.4, 0.5) is 5.69 Å². The summed E-state index contributed by atoms with van der Waals surface area (Å²) in [6.45, 7) is 9.16. The highest BCUT2D eigenvalue weighted by molar-refractivity contribution is 7.89. The normalized spacial score (nSPS) is 14.4. The number of nitrogens with one attached hydrogen (secondary N) is 2. The SMILES string of the molecule is CCC(C)C(N)C(=O)Nc1cccc(S(=O)(=O)NC(C)(C)C)c1.Cl. The molecule has 8 heteroatoms. The van der Waals surface area contributed by atoms with Crippen LogP contribution in [-0.4, -0.2) is 25.9 Å². The Hall–Kier alpha value is -1.15. The monoisotopic (exact) mass is 377 g/mol. The summed E-state index contributed by atoms with van der Waals surface area (Å²) in [6.07, 6.45) is 0.790. The van der Waals surface area contributed by atoms with Crippen molar-refractivity contribution in [3.8, 4) is 0 Å². The van der Waals surface area contributed by atoms with E-state index in [0.29, 0.717) is 5.69 Å². The van der Waals surface area contributed by atoms with Crippen molar-refractivity contribution in [3.05, 3.63) is 24.3 Å². The Morgan fingerprint density at radius 2 is 1.88 bits per heavy atom. The van der Waals surface area contributed by atoms with E-state index < -0.39 is 21.6 Å². The average Bonchev–Trinajstić information content (AvgIpc) is 2.43. The van der Waals surface area contributed by atoms with Crippen LogP contribution in [0.2, 0.25) is 0 Å². The van der Waals surface area contributed by atoms with Crippen molar-refractivity contribution in [2.75, 3.05) is 5.32 Å². The Bertz CT molecular complexity index is 657. The van der Waals surface area contributed by atoms with Crippen LogP contribution in [-0.2, 0) is 14.8 Å². The van der Waals surface area contributed by atoms with Crippen molar-refractivity contribution in [3.63, 3.8) is 0 Å². The Labute approximate surface area is 151 Å².